The van der Waals surface area contributed by atoms with E-state index in [4.69, 9.17) is 4.74 Å². The molecule has 0 aliphatic carbocycles. The van der Waals surface area contributed by atoms with Gasteiger partial charge in [0.1, 0.15) is 11.4 Å². The number of ether oxygens (including phenoxy) is 1. The van der Waals surface area contributed by atoms with E-state index < -0.39 is 11.4 Å². The van der Waals surface area contributed by atoms with Gasteiger partial charge >= 0.3 is 0 Å². The minimum atomic E-state index is -1.30. The largest absolute Gasteiger partial charge is 0.383 e. The molecule has 0 aliphatic rings. The van der Waals surface area contributed by atoms with E-state index in [0.717, 1.165) is 6.20 Å². The number of pyridine rings is 1. The van der Waals surface area contributed by atoms with Crippen molar-refractivity contribution in [2.24, 2.45) is 0 Å². The highest BCUT2D eigenvalue weighted by atomic mass is 19.1. The molecule has 1 aromatic heterocycles. The Morgan fingerprint density at radius 1 is 1.69 bits per heavy atom. The molecule has 1 N–H and O–H groups in total. The molecule has 4 heteroatoms. The van der Waals surface area contributed by atoms with E-state index in [2.05, 4.69) is 4.98 Å². The SMILES string of the molecule is COCC(C)(O)c1ccncc1F. The van der Waals surface area contributed by atoms with Gasteiger partial charge in [0.05, 0.1) is 12.8 Å². The van der Waals surface area contributed by atoms with Crippen LogP contribution in [0.25, 0.3) is 0 Å². The average Bonchev–Trinajstić information content (AvgIpc) is 2.04. The van der Waals surface area contributed by atoms with Gasteiger partial charge < -0.3 is 9.84 Å². The van der Waals surface area contributed by atoms with Crippen molar-refractivity contribution in [3.8, 4) is 0 Å². The maximum atomic E-state index is 13.1. The molecule has 1 aromatic rings. The zero-order valence-corrected chi connectivity index (χ0v) is 7.62. The van der Waals surface area contributed by atoms with Crippen LogP contribution in [0.4, 0.5) is 4.39 Å². The zero-order valence-electron chi connectivity index (χ0n) is 7.62. The van der Waals surface area contributed by atoms with Gasteiger partial charge in [0.15, 0.2) is 0 Å². The maximum absolute atomic E-state index is 13.1. The molecule has 13 heavy (non-hydrogen) atoms. The Hall–Kier alpha value is -1.00. The highest BCUT2D eigenvalue weighted by molar-refractivity contribution is 5.20. The minimum Gasteiger partial charge on any atom is -0.383 e. The third kappa shape index (κ3) is 2.23. The molecular formula is C9H12FNO2. The van der Waals surface area contributed by atoms with Gasteiger partial charge in [-0.15, -0.1) is 0 Å². The Labute approximate surface area is 76.2 Å². The van der Waals surface area contributed by atoms with E-state index in [0.29, 0.717) is 0 Å². The topological polar surface area (TPSA) is 42.4 Å². The summed E-state index contributed by atoms with van der Waals surface area (Å²) in [4.78, 5) is 3.59. The first-order chi connectivity index (χ1) is 6.08. The number of hydrogen-bond acceptors (Lipinski definition) is 3. The van der Waals surface area contributed by atoms with Crippen LogP contribution in [-0.4, -0.2) is 23.8 Å². The Morgan fingerprint density at radius 3 is 2.92 bits per heavy atom. The first kappa shape index (κ1) is 10.1. The summed E-state index contributed by atoms with van der Waals surface area (Å²) in [7, 11) is 1.45. The molecule has 0 bridgehead atoms. The quantitative estimate of drug-likeness (QED) is 0.766. The van der Waals surface area contributed by atoms with E-state index in [1.165, 1.54) is 26.3 Å². The molecule has 0 aromatic carbocycles. The average molecular weight is 185 g/mol. The van der Waals surface area contributed by atoms with Gasteiger partial charge in [-0.2, -0.15) is 0 Å². The van der Waals surface area contributed by atoms with Crippen LogP contribution in [-0.2, 0) is 10.3 Å². The highest BCUT2D eigenvalue weighted by Crippen LogP contribution is 2.22. The molecule has 0 aliphatic heterocycles. The molecule has 0 radical (unpaired) electrons. The first-order valence-electron chi connectivity index (χ1n) is 3.89. The summed E-state index contributed by atoms with van der Waals surface area (Å²) in [6.07, 6.45) is 2.50. The lowest BCUT2D eigenvalue weighted by Crippen LogP contribution is -2.28. The molecule has 3 nitrogen and oxygen atoms in total. The molecule has 1 atom stereocenters. The third-order valence-corrected chi connectivity index (χ3v) is 1.78. The van der Waals surface area contributed by atoms with Crippen molar-refractivity contribution in [2.45, 2.75) is 12.5 Å². The van der Waals surface area contributed by atoms with Crippen molar-refractivity contribution in [1.29, 1.82) is 0 Å². The molecular weight excluding hydrogens is 173 g/mol. The smallest absolute Gasteiger partial charge is 0.147 e. The van der Waals surface area contributed by atoms with Crippen molar-refractivity contribution >= 4 is 0 Å². The first-order valence-corrected chi connectivity index (χ1v) is 3.89. The van der Waals surface area contributed by atoms with E-state index in [-0.39, 0.29) is 12.2 Å². The molecule has 1 heterocycles. The zero-order chi connectivity index (χ0) is 9.90. The number of methoxy groups -OCH3 is 1. The molecule has 0 fully saturated rings. The molecule has 0 saturated carbocycles. The predicted octanol–water partition coefficient (Wildman–Crippen LogP) is 1.07. The molecule has 0 spiro atoms. The van der Waals surface area contributed by atoms with E-state index in [1.54, 1.807) is 0 Å². The molecule has 1 rings (SSSR count). The lowest BCUT2D eigenvalue weighted by Gasteiger charge is -2.22. The molecule has 0 saturated heterocycles. The fourth-order valence-electron chi connectivity index (χ4n) is 1.17. The number of rotatable bonds is 3. The van der Waals surface area contributed by atoms with Gasteiger partial charge in [-0.25, -0.2) is 4.39 Å². The van der Waals surface area contributed by atoms with E-state index in [1.807, 2.05) is 0 Å². The fraction of sp³-hybridized carbons (Fsp3) is 0.444. The Bertz CT molecular complexity index is 289. The molecule has 0 amide bonds. The van der Waals surface area contributed by atoms with Crippen LogP contribution in [0.15, 0.2) is 18.5 Å². The van der Waals surface area contributed by atoms with Gasteiger partial charge in [0, 0.05) is 18.9 Å². The van der Waals surface area contributed by atoms with Gasteiger partial charge in [-0.1, -0.05) is 0 Å². The normalized spacial score (nSPS) is 15.4. The maximum Gasteiger partial charge on any atom is 0.147 e. The summed E-state index contributed by atoms with van der Waals surface area (Å²) in [6, 6.07) is 1.44. The Balaban J connectivity index is 2.99. The van der Waals surface area contributed by atoms with Crippen LogP contribution in [0.1, 0.15) is 12.5 Å². The monoisotopic (exact) mass is 185 g/mol. The van der Waals surface area contributed by atoms with Gasteiger partial charge in [0.25, 0.3) is 0 Å². The fourth-order valence-corrected chi connectivity index (χ4v) is 1.17. The standard InChI is InChI=1S/C9H12FNO2/c1-9(12,6-13-2)7-3-4-11-5-8(7)10/h3-5,12H,6H2,1-2H3. The van der Waals surface area contributed by atoms with Gasteiger partial charge in [-0.3, -0.25) is 4.98 Å². The summed E-state index contributed by atoms with van der Waals surface area (Å²) >= 11 is 0. The number of aromatic nitrogens is 1. The lowest BCUT2D eigenvalue weighted by molar-refractivity contribution is -0.0233. The Kier molecular flexibility index (Phi) is 2.95. The second-order valence-corrected chi connectivity index (χ2v) is 3.06. The van der Waals surface area contributed by atoms with E-state index in [9.17, 15) is 9.50 Å². The number of nitrogens with zero attached hydrogens (tertiary/aromatic N) is 1. The van der Waals surface area contributed by atoms with Crippen LogP contribution in [0.2, 0.25) is 0 Å². The summed E-state index contributed by atoms with van der Waals surface area (Å²) < 4.78 is 17.9. The van der Waals surface area contributed by atoms with Crippen molar-refractivity contribution < 1.29 is 14.2 Å². The second-order valence-electron chi connectivity index (χ2n) is 3.06. The van der Waals surface area contributed by atoms with E-state index >= 15 is 0 Å². The van der Waals surface area contributed by atoms with Crippen molar-refractivity contribution in [3.63, 3.8) is 0 Å². The second kappa shape index (κ2) is 3.81. The number of hydrogen-bond donors (Lipinski definition) is 1. The number of halogens is 1. The summed E-state index contributed by atoms with van der Waals surface area (Å²) in [6.45, 7) is 1.54. The van der Waals surface area contributed by atoms with Crippen LogP contribution in [0.3, 0.4) is 0 Å². The van der Waals surface area contributed by atoms with Gasteiger partial charge in [0.2, 0.25) is 0 Å². The summed E-state index contributed by atoms with van der Waals surface area (Å²) in [5, 5.41) is 9.77. The van der Waals surface area contributed by atoms with Crippen LogP contribution >= 0.6 is 0 Å². The van der Waals surface area contributed by atoms with Crippen molar-refractivity contribution in [1.82, 2.24) is 4.98 Å². The minimum absolute atomic E-state index is 0.0495. The molecule has 72 valence electrons. The van der Waals surface area contributed by atoms with Crippen LogP contribution in [0, 0.1) is 5.82 Å². The summed E-state index contributed by atoms with van der Waals surface area (Å²) in [5.74, 6) is -0.524. The predicted molar refractivity (Wildman–Crippen MR) is 45.6 cm³/mol. The van der Waals surface area contributed by atoms with Crippen molar-refractivity contribution in [2.75, 3.05) is 13.7 Å². The van der Waals surface area contributed by atoms with Crippen LogP contribution in [0.5, 0.6) is 0 Å². The lowest BCUT2D eigenvalue weighted by atomic mass is 9.98. The number of aliphatic hydroxyl groups is 1. The summed E-state index contributed by atoms with van der Waals surface area (Å²) in [5.41, 5.74) is -1.11. The van der Waals surface area contributed by atoms with Crippen LogP contribution < -0.4 is 0 Å². The third-order valence-electron chi connectivity index (χ3n) is 1.78. The van der Waals surface area contributed by atoms with Gasteiger partial charge in [-0.05, 0) is 13.0 Å². The highest BCUT2D eigenvalue weighted by Gasteiger charge is 2.26. The Morgan fingerprint density at radius 2 is 2.38 bits per heavy atom. The van der Waals surface area contributed by atoms with Crippen molar-refractivity contribution in [3.05, 3.63) is 29.8 Å². The molecule has 1 unspecified atom stereocenters.